The number of hydrogen-bond donors (Lipinski definition) is 2. The molecule has 0 saturated carbocycles. The van der Waals surface area contributed by atoms with E-state index in [4.69, 9.17) is 16.6 Å². The number of aliphatic carboxylic acids is 1. The molecule has 1 fully saturated rings. The predicted octanol–water partition coefficient (Wildman–Crippen LogP) is 6.24. The Morgan fingerprint density at radius 3 is 2.37 bits per heavy atom. The lowest BCUT2D eigenvalue weighted by molar-refractivity contribution is -0.142. The molecule has 1 atom stereocenters. The molecule has 1 unspecified atom stereocenters. The fourth-order valence-electron chi connectivity index (χ4n) is 5.73. The van der Waals surface area contributed by atoms with E-state index >= 15 is 0 Å². The number of nitrogens with one attached hydrogen (secondary N) is 1. The molecule has 5 rings (SSSR count). The Morgan fingerprint density at radius 1 is 1.09 bits per heavy atom. The van der Waals surface area contributed by atoms with E-state index in [2.05, 4.69) is 5.32 Å². The maximum atomic E-state index is 14.7. The first-order chi connectivity index (χ1) is 22.0. The maximum Gasteiger partial charge on any atom is 0.305 e. The molecule has 0 radical (unpaired) electrons. The number of allylic oxidation sites excluding steroid dienone is 1. The number of benzene rings is 2. The number of piperazine rings is 1. The molecule has 4 aromatic rings. The zero-order valence-electron chi connectivity index (χ0n) is 26.1. The topological polar surface area (TPSA) is 122 Å². The summed E-state index contributed by atoms with van der Waals surface area (Å²) in [6, 6.07) is 13.5. The minimum Gasteiger partial charge on any atom is -0.481 e. The average Bonchev–Trinajstić information content (AvgIpc) is 3.51. The zero-order valence-corrected chi connectivity index (χ0v) is 27.7. The second-order valence-corrected chi connectivity index (χ2v) is 12.6. The number of nitrogens with zero attached hydrogens (tertiary/aromatic N) is 3. The van der Waals surface area contributed by atoms with Gasteiger partial charge in [-0.25, -0.2) is 4.98 Å². The lowest BCUT2D eigenvalue weighted by Crippen LogP contribution is -2.58. The summed E-state index contributed by atoms with van der Waals surface area (Å²) >= 11 is 7.38. The van der Waals surface area contributed by atoms with Crippen molar-refractivity contribution in [3.8, 4) is 27.5 Å². The van der Waals surface area contributed by atoms with Crippen LogP contribution in [0.5, 0.6) is 0 Å². The second kappa shape index (κ2) is 13.8. The van der Waals surface area contributed by atoms with Crippen molar-refractivity contribution in [1.29, 1.82) is 0 Å². The van der Waals surface area contributed by atoms with Crippen molar-refractivity contribution in [1.82, 2.24) is 19.8 Å². The van der Waals surface area contributed by atoms with E-state index in [0.717, 1.165) is 22.3 Å². The maximum absolute atomic E-state index is 14.7. The number of aryl methyl sites for hydroxylation is 2. The molecule has 3 heterocycles. The molecule has 2 aromatic heterocycles. The highest BCUT2D eigenvalue weighted by Gasteiger charge is 2.37. The van der Waals surface area contributed by atoms with Gasteiger partial charge in [-0.05, 0) is 62.1 Å². The molecule has 11 heteroatoms. The van der Waals surface area contributed by atoms with Crippen LogP contribution in [0.1, 0.15) is 61.3 Å². The summed E-state index contributed by atoms with van der Waals surface area (Å²) in [5.41, 5.74) is 5.32. The second-order valence-electron chi connectivity index (χ2n) is 11.3. The van der Waals surface area contributed by atoms with Crippen LogP contribution < -0.4 is 10.9 Å². The minimum atomic E-state index is -1.20. The first-order valence-corrected chi connectivity index (χ1v) is 16.4. The predicted molar refractivity (Wildman–Crippen MR) is 182 cm³/mol. The molecule has 0 aliphatic carbocycles. The molecule has 0 bridgehead atoms. The Labute approximate surface area is 276 Å². The first-order valence-electron chi connectivity index (χ1n) is 15.1. The number of para-hydroxylation sites is 1. The Balaban J connectivity index is 1.83. The Hall–Kier alpha value is -4.54. The Bertz CT molecular complexity index is 1880. The van der Waals surface area contributed by atoms with Crippen LogP contribution in [0.25, 0.3) is 33.6 Å². The third-order valence-electron chi connectivity index (χ3n) is 7.92. The fourth-order valence-corrected chi connectivity index (χ4v) is 6.69. The summed E-state index contributed by atoms with van der Waals surface area (Å²) in [6.07, 6.45) is 2.53. The highest BCUT2D eigenvalue weighted by atomic mass is 35.5. The summed E-state index contributed by atoms with van der Waals surface area (Å²) in [5.74, 6) is -2.27. The van der Waals surface area contributed by atoms with Crippen LogP contribution in [0.4, 0.5) is 0 Å². The van der Waals surface area contributed by atoms with Crippen LogP contribution in [0.2, 0.25) is 5.02 Å². The number of rotatable bonds is 9. The third kappa shape index (κ3) is 6.54. The molecule has 9 nitrogen and oxygen atoms in total. The van der Waals surface area contributed by atoms with Crippen molar-refractivity contribution in [2.75, 3.05) is 13.1 Å². The molecule has 0 spiro atoms. The van der Waals surface area contributed by atoms with Crippen LogP contribution in [0.3, 0.4) is 0 Å². The summed E-state index contributed by atoms with van der Waals surface area (Å²) in [5, 5.41) is 15.1. The molecule has 46 heavy (non-hydrogen) atoms. The number of carbonyl (C=O) groups excluding carboxylic acids is 2. The van der Waals surface area contributed by atoms with E-state index < -0.39 is 30.2 Å². The van der Waals surface area contributed by atoms with E-state index in [9.17, 15) is 24.3 Å². The standard InChI is InChI=1S/C35H35ClN4O5S/c1-5-21-8-7-9-22(6-2)31(21)40-28(16-20(3)4)25(34(44)39-15-14-37-32(43)29(39)18-30(41)42)17-26(35(40)45)33-38-27(19-46-33)23-10-12-24(36)13-11-23/h7-13,16-17,19,29H,5-6,14-15,18H2,1-4H3,(H,37,43)(H,41,42). The van der Waals surface area contributed by atoms with Crippen LogP contribution in [-0.2, 0) is 22.4 Å². The SMILES string of the molecule is CCc1cccc(CC)c1-n1c(C=C(C)C)c(C(=O)N2CCNC(=O)C2CC(=O)O)cc(-c2nc(-c3ccc(Cl)cc3)cs2)c1=O. The van der Waals surface area contributed by atoms with Crippen molar-refractivity contribution in [2.24, 2.45) is 0 Å². The number of carboxylic acids is 1. The number of carbonyl (C=O) groups is 3. The fraction of sp³-hybridized carbons (Fsp3) is 0.286. The van der Waals surface area contributed by atoms with Crippen molar-refractivity contribution < 1.29 is 19.5 Å². The van der Waals surface area contributed by atoms with Crippen molar-refractivity contribution in [2.45, 2.75) is 53.0 Å². The average molecular weight is 659 g/mol. The number of amides is 2. The van der Waals surface area contributed by atoms with E-state index in [1.807, 2.05) is 63.4 Å². The van der Waals surface area contributed by atoms with Crippen molar-refractivity contribution in [3.63, 3.8) is 0 Å². The van der Waals surface area contributed by atoms with Gasteiger partial charge < -0.3 is 15.3 Å². The van der Waals surface area contributed by atoms with E-state index in [1.54, 1.807) is 28.8 Å². The number of pyridine rings is 1. The van der Waals surface area contributed by atoms with Gasteiger partial charge in [0.05, 0.1) is 34.6 Å². The summed E-state index contributed by atoms with van der Waals surface area (Å²) in [4.78, 5) is 60.0. The lowest BCUT2D eigenvalue weighted by atomic mass is 9.99. The lowest BCUT2D eigenvalue weighted by Gasteiger charge is -2.35. The molecule has 2 aromatic carbocycles. The van der Waals surface area contributed by atoms with Crippen LogP contribution in [-0.4, -0.2) is 56.5 Å². The number of hydrogen-bond acceptors (Lipinski definition) is 6. The Kier molecular flexibility index (Phi) is 9.88. The van der Waals surface area contributed by atoms with Gasteiger partial charge in [0, 0.05) is 29.1 Å². The number of thiazole rings is 1. The first kappa shape index (κ1) is 32.8. The molecule has 2 amide bonds. The zero-order chi connectivity index (χ0) is 33.1. The van der Waals surface area contributed by atoms with Crippen LogP contribution in [0.15, 0.2) is 64.3 Å². The summed E-state index contributed by atoms with van der Waals surface area (Å²) in [7, 11) is 0. The van der Waals surface area contributed by atoms with Gasteiger partial charge in [0.2, 0.25) is 5.91 Å². The van der Waals surface area contributed by atoms with Crippen LogP contribution >= 0.6 is 22.9 Å². The molecule has 2 N–H and O–H groups in total. The van der Waals surface area contributed by atoms with E-state index in [-0.39, 0.29) is 29.8 Å². The highest BCUT2D eigenvalue weighted by molar-refractivity contribution is 7.13. The number of aromatic nitrogens is 2. The van der Waals surface area contributed by atoms with Crippen LogP contribution in [0, 0.1) is 0 Å². The molecule has 238 valence electrons. The summed E-state index contributed by atoms with van der Waals surface area (Å²) < 4.78 is 1.60. The van der Waals surface area contributed by atoms with Crippen molar-refractivity contribution >= 4 is 46.8 Å². The minimum absolute atomic E-state index is 0.120. The van der Waals surface area contributed by atoms with Gasteiger partial charge >= 0.3 is 5.97 Å². The van der Waals surface area contributed by atoms with Gasteiger partial charge in [0.15, 0.2) is 0 Å². The summed E-state index contributed by atoms with van der Waals surface area (Å²) in [6.45, 7) is 8.09. The smallest absolute Gasteiger partial charge is 0.305 e. The Morgan fingerprint density at radius 2 is 1.76 bits per heavy atom. The number of carboxylic acid groups (broad SMARTS) is 1. The van der Waals surface area contributed by atoms with Gasteiger partial charge in [0.25, 0.3) is 11.5 Å². The molecular formula is C35H35ClN4O5S. The largest absolute Gasteiger partial charge is 0.481 e. The highest BCUT2D eigenvalue weighted by Crippen LogP contribution is 2.32. The van der Waals surface area contributed by atoms with E-state index in [0.29, 0.717) is 39.9 Å². The molecule has 1 saturated heterocycles. The van der Waals surface area contributed by atoms with Gasteiger partial charge in [-0.3, -0.25) is 23.7 Å². The van der Waals surface area contributed by atoms with Crippen molar-refractivity contribution in [3.05, 3.63) is 97.2 Å². The molecule has 1 aliphatic heterocycles. The molecular weight excluding hydrogens is 624 g/mol. The van der Waals surface area contributed by atoms with E-state index in [1.165, 1.54) is 16.2 Å². The third-order valence-corrected chi connectivity index (χ3v) is 9.05. The van der Waals surface area contributed by atoms with Gasteiger partial charge in [-0.2, -0.15) is 0 Å². The molecule has 1 aliphatic rings. The monoisotopic (exact) mass is 658 g/mol. The number of halogens is 1. The van der Waals surface area contributed by atoms with Gasteiger partial charge in [0.1, 0.15) is 11.0 Å². The normalized spacial score (nSPS) is 14.6. The van der Waals surface area contributed by atoms with Gasteiger partial charge in [-0.1, -0.05) is 61.4 Å². The quantitative estimate of drug-likeness (QED) is 0.219. The van der Waals surface area contributed by atoms with Gasteiger partial charge in [-0.15, -0.1) is 11.3 Å².